The number of benzene rings is 3. The third kappa shape index (κ3) is 8.04. The molecule has 1 saturated carbocycles. The van der Waals surface area contributed by atoms with Crippen LogP contribution in [0.2, 0.25) is 0 Å². The quantitative estimate of drug-likeness (QED) is 0.138. The maximum Gasteiger partial charge on any atom is 0.270 e. The molecule has 3 aromatic carbocycles. The van der Waals surface area contributed by atoms with Gasteiger partial charge < -0.3 is 35.2 Å². The third-order valence-electron chi connectivity index (χ3n) is 10.4. The molecule has 2 aliphatic heterocycles. The molecule has 0 aromatic heterocycles. The first-order valence-corrected chi connectivity index (χ1v) is 18.7. The Hall–Kier alpha value is -3.43. The Morgan fingerprint density at radius 2 is 1.66 bits per heavy atom. The van der Waals surface area contributed by atoms with Crippen molar-refractivity contribution in [3.8, 4) is 5.75 Å². The van der Waals surface area contributed by atoms with Gasteiger partial charge in [0.15, 0.2) is 0 Å². The van der Waals surface area contributed by atoms with Gasteiger partial charge >= 0.3 is 0 Å². The average molecular weight is 714 g/mol. The molecular formula is C37H44FNO10S. The van der Waals surface area contributed by atoms with Crippen molar-refractivity contribution in [2.24, 2.45) is 11.8 Å². The van der Waals surface area contributed by atoms with Gasteiger partial charge in [-0.2, -0.15) is 8.42 Å². The van der Waals surface area contributed by atoms with Gasteiger partial charge in [0.2, 0.25) is 5.91 Å². The molecule has 2 saturated heterocycles. The first kappa shape index (κ1) is 36.4. The lowest BCUT2D eigenvalue weighted by Crippen LogP contribution is -2.66. The fourth-order valence-corrected chi connectivity index (χ4v) is 9.23. The zero-order valence-electron chi connectivity index (χ0n) is 27.4. The van der Waals surface area contributed by atoms with E-state index >= 15 is 0 Å². The van der Waals surface area contributed by atoms with Gasteiger partial charge in [0, 0.05) is 18.0 Å². The van der Waals surface area contributed by atoms with Crippen LogP contribution in [0.25, 0.3) is 0 Å². The van der Waals surface area contributed by atoms with Gasteiger partial charge in [-0.1, -0.05) is 42.5 Å². The number of aliphatic hydroxyl groups excluding tert-OH is 4. The zero-order chi connectivity index (χ0) is 35.6. The molecule has 3 fully saturated rings. The van der Waals surface area contributed by atoms with E-state index in [0.29, 0.717) is 36.9 Å². The SMILES string of the molecule is O=C1[C@H](CC[C@H](O)c2ccc(F)cc2)[C@@H]([C@H]2CCC(c3ccc(O)cc3)CC2OS(=O)(=O)CC2C[C@@H](O)[C@H](O)[C@@H](CO)O2)N1c1ccccc1. The van der Waals surface area contributed by atoms with Crippen LogP contribution in [-0.2, 0) is 23.8 Å². The van der Waals surface area contributed by atoms with Crippen molar-refractivity contribution >= 4 is 21.7 Å². The van der Waals surface area contributed by atoms with Crippen molar-refractivity contribution in [1.29, 1.82) is 0 Å². The van der Waals surface area contributed by atoms with Crippen LogP contribution in [0.5, 0.6) is 5.75 Å². The molecule has 1 amide bonds. The van der Waals surface area contributed by atoms with Crippen LogP contribution >= 0.6 is 0 Å². The summed E-state index contributed by atoms with van der Waals surface area (Å²) >= 11 is 0. The minimum absolute atomic E-state index is 0.103. The third-order valence-corrected chi connectivity index (χ3v) is 11.8. The summed E-state index contributed by atoms with van der Waals surface area (Å²) in [6.07, 6.45) is -4.75. The molecule has 5 N–H and O–H groups in total. The number of aliphatic hydroxyl groups is 4. The minimum Gasteiger partial charge on any atom is -0.508 e. The highest BCUT2D eigenvalue weighted by Crippen LogP contribution is 2.48. The Morgan fingerprint density at radius 3 is 2.34 bits per heavy atom. The van der Waals surface area contributed by atoms with Crippen molar-refractivity contribution in [2.75, 3.05) is 17.3 Å². The lowest BCUT2D eigenvalue weighted by atomic mass is 9.66. The predicted molar refractivity (Wildman–Crippen MR) is 181 cm³/mol. The number of ether oxygens (including phenoxy) is 1. The van der Waals surface area contributed by atoms with E-state index in [4.69, 9.17) is 8.92 Å². The lowest BCUT2D eigenvalue weighted by molar-refractivity contribution is -0.174. The Labute approximate surface area is 291 Å². The zero-order valence-corrected chi connectivity index (χ0v) is 28.3. The summed E-state index contributed by atoms with van der Waals surface area (Å²) in [6.45, 7) is -0.600. The number of phenolic OH excluding ortho intramolecular Hbond substituents is 1. The van der Waals surface area contributed by atoms with Crippen LogP contribution in [-0.4, -0.2) is 88.8 Å². The van der Waals surface area contributed by atoms with E-state index in [9.17, 15) is 43.1 Å². The smallest absolute Gasteiger partial charge is 0.270 e. The summed E-state index contributed by atoms with van der Waals surface area (Å²) in [5.74, 6) is -2.14. The molecule has 3 unspecified atom stereocenters. The van der Waals surface area contributed by atoms with Crippen LogP contribution in [0.15, 0.2) is 78.9 Å². The number of carbonyl (C=O) groups excluding carboxylic acids is 1. The second-order valence-electron chi connectivity index (χ2n) is 13.7. The maximum absolute atomic E-state index is 13.8. The van der Waals surface area contributed by atoms with Crippen molar-refractivity contribution < 1.29 is 52.1 Å². The summed E-state index contributed by atoms with van der Waals surface area (Å²) in [5.41, 5.74) is 2.11. The normalized spacial score (nSPS) is 30.9. The topological polar surface area (TPSA) is 174 Å². The second kappa shape index (κ2) is 15.4. The van der Waals surface area contributed by atoms with E-state index in [1.807, 2.05) is 30.3 Å². The van der Waals surface area contributed by atoms with Crippen molar-refractivity contribution in [3.05, 3.63) is 95.8 Å². The highest BCUT2D eigenvalue weighted by molar-refractivity contribution is 7.86. The first-order valence-electron chi connectivity index (χ1n) is 17.1. The van der Waals surface area contributed by atoms with Gasteiger partial charge in [-0.3, -0.25) is 8.98 Å². The van der Waals surface area contributed by atoms with Crippen LogP contribution in [0.3, 0.4) is 0 Å². The molecule has 3 aromatic rings. The van der Waals surface area contributed by atoms with E-state index in [2.05, 4.69) is 0 Å². The van der Waals surface area contributed by atoms with E-state index in [1.165, 1.54) is 24.3 Å². The van der Waals surface area contributed by atoms with E-state index in [-0.39, 0.29) is 30.4 Å². The Kier molecular flexibility index (Phi) is 11.2. The molecule has 3 aliphatic rings. The van der Waals surface area contributed by atoms with Crippen LogP contribution < -0.4 is 4.90 Å². The molecule has 0 radical (unpaired) electrons. The number of rotatable bonds is 12. The Morgan fingerprint density at radius 1 is 0.960 bits per heavy atom. The molecule has 1 aliphatic carbocycles. The van der Waals surface area contributed by atoms with E-state index < -0.39 is 82.8 Å². The number of hydrogen-bond acceptors (Lipinski definition) is 10. The van der Waals surface area contributed by atoms with Gasteiger partial charge in [-0.15, -0.1) is 0 Å². The summed E-state index contributed by atoms with van der Waals surface area (Å²) in [5, 5.41) is 50.8. The van der Waals surface area contributed by atoms with Crippen LogP contribution in [0, 0.1) is 17.7 Å². The van der Waals surface area contributed by atoms with Crippen molar-refractivity contribution in [3.63, 3.8) is 0 Å². The van der Waals surface area contributed by atoms with Crippen LogP contribution in [0.4, 0.5) is 10.1 Å². The lowest BCUT2D eigenvalue weighted by Gasteiger charge is -2.54. The summed E-state index contributed by atoms with van der Waals surface area (Å²) < 4.78 is 52.6. The first-order chi connectivity index (χ1) is 23.9. The fourth-order valence-electron chi connectivity index (χ4n) is 7.89. The molecule has 0 bridgehead atoms. The summed E-state index contributed by atoms with van der Waals surface area (Å²) in [6, 6.07) is 21.0. The number of phenols is 1. The highest BCUT2D eigenvalue weighted by atomic mass is 32.2. The number of nitrogens with zero attached hydrogens (tertiary/aromatic N) is 1. The number of amides is 1. The van der Waals surface area contributed by atoms with E-state index in [0.717, 1.165) is 5.56 Å². The summed E-state index contributed by atoms with van der Waals surface area (Å²) in [7, 11) is -4.31. The summed E-state index contributed by atoms with van der Waals surface area (Å²) in [4.78, 5) is 15.5. The Balaban J connectivity index is 1.27. The van der Waals surface area contributed by atoms with Gasteiger partial charge in [-0.05, 0) is 85.5 Å². The minimum atomic E-state index is -4.31. The standard InChI is InChI=1S/C37H44FNO10S/c38-25-11-6-23(7-12-25)31(42)17-16-30-35(39(37(30)45)26-4-2-1-3-5-26)29-15-10-24(22-8-13-27(41)14-9-22)18-33(29)49-50(46,47)21-28-19-32(43)36(44)34(20-40)48-28/h1-9,11-14,24,28-36,40-44H,10,15-21H2/t24?,28?,29-,30+,31-,32+,33?,34+,35+,36-/m0/s1. The number of β-lactam (4-membered cyclic amide) rings is 1. The molecular weight excluding hydrogens is 669 g/mol. The average Bonchev–Trinajstić information content (AvgIpc) is 3.09. The number of carbonyl (C=O) groups is 1. The van der Waals surface area contributed by atoms with E-state index in [1.54, 1.807) is 29.2 Å². The number of aromatic hydroxyl groups is 1. The van der Waals surface area contributed by atoms with Gasteiger partial charge in [0.1, 0.15) is 29.5 Å². The van der Waals surface area contributed by atoms with Gasteiger partial charge in [0.05, 0.1) is 43.0 Å². The number of halogens is 1. The molecule has 2 heterocycles. The number of para-hydroxylation sites is 1. The predicted octanol–water partition coefficient (Wildman–Crippen LogP) is 3.55. The largest absolute Gasteiger partial charge is 0.508 e. The number of hydrogen-bond donors (Lipinski definition) is 5. The molecule has 13 heteroatoms. The van der Waals surface area contributed by atoms with Crippen LogP contribution in [0.1, 0.15) is 61.7 Å². The maximum atomic E-state index is 13.8. The molecule has 50 heavy (non-hydrogen) atoms. The van der Waals surface area contributed by atoms with Gasteiger partial charge in [0.25, 0.3) is 10.1 Å². The fraction of sp³-hybridized carbons (Fsp3) is 0.486. The van der Waals surface area contributed by atoms with Crippen molar-refractivity contribution in [2.45, 2.75) is 87.1 Å². The molecule has 270 valence electrons. The highest BCUT2D eigenvalue weighted by Gasteiger charge is 2.55. The Bertz CT molecular complexity index is 1690. The molecule has 6 rings (SSSR count). The molecule has 0 spiro atoms. The molecule has 11 nitrogen and oxygen atoms in total. The van der Waals surface area contributed by atoms with Crippen molar-refractivity contribution in [1.82, 2.24) is 0 Å². The molecule has 10 atom stereocenters. The second-order valence-corrected chi connectivity index (χ2v) is 15.3. The number of anilines is 1. The monoisotopic (exact) mass is 713 g/mol. The van der Waals surface area contributed by atoms with Gasteiger partial charge in [-0.25, -0.2) is 4.39 Å².